The third-order valence-corrected chi connectivity index (χ3v) is 4.54. The first kappa shape index (κ1) is 16.0. The fourth-order valence-corrected chi connectivity index (χ4v) is 3.26. The normalized spacial score (nSPS) is 11.6. The van der Waals surface area contributed by atoms with Gasteiger partial charge >= 0.3 is 0 Å². The summed E-state index contributed by atoms with van der Waals surface area (Å²) in [7, 11) is -3.95. The average Bonchev–Trinajstić information content (AvgIpc) is 3.03. The number of tetrazole rings is 1. The van der Waals surface area contributed by atoms with Crippen molar-refractivity contribution in [3.63, 3.8) is 0 Å². The molecule has 2 heterocycles. The van der Waals surface area contributed by atoms with Crippen LogP contribution < -0.4 is 10.9 Å². The van der Waals surface area contributed by atoms with Gasteiger partial charge in [-0.2, -0.15) is 5.21 Å². The number of rotatable bonds is 4. The van der Waals surface area contributed by atoms with E-state index in [1.54, 1.807) is 18.2 Å². The van der Waals surface area contributed by atoms with Gasteiger partial charge in [-0.05, 0) is 35.4 Å². The van der Waals surface area contributed by atoms with Crippen molar-refractivity contribution in [1.82, 2.24) is 25.6 Å². The summed E-state index contributed by atoms with van der Waals surface area (Å²) in [6.45, 7) is 1.84. The van der Waals surface area contributed by atoms with E-state index in [2.05, 4.69) is 25.6 Å². The molecule has 0 aliphatic carbocycles. The molecule has 3 rings (SSSR count). The third kappa shape index (κ3) is 3.09. The molecule has 0 bridgehead atoms. The first-order valence-electron chi connectivity index (χ1n) is 6.97. The second kappa shape index (κ2) is 5.98. The zero-order valence-electron chi connectivity index (χ0n) is 12.8. The van der Waals surface area contributed by atoms with Crippen molar-refractivity contribution in [3.05, 3.63) is 47.2 Å². The largest absolute Gasteiger partial charge is 0.384 e. The molecule has 1 aromatic carbocycles. The molecular formula is C14H15N7O2S. The Labute approximate surface area is 138 Å². The number of nitrogens with zero attached hydrogens (tertiary/aromatic N) is 4. The zero-order valence-corrected chi connectivity index (χ0v) is 13.6. The molecule has 5 N–H and O–H groups in total. The summed E-state index contributed by atoms with van der Waals surface area (Å²) in [5, 5.41) is 18.9. The van der Waals surface area contributed by atoms with Crippen LogP contribution >= 0.6 is 0 Å². The van der Waals surface area contributed by atoms with Gasteiger partial charge in [0.05, 0.1) is 4.90 Å². The van der Waals surface area contributed by atoms with Crippen LogP contribution in [0.1, 0.15) is 16.8 Å². The van der Waals surface area contributed by atoms with Gasteiger partial charge in [-0.15, -0.1) is 10.2 Å². The smallest absolute Gasteiger partial charge is 0.238 e. The fraction of sp³-hybridized carbons (Fsp3) is 0.143. The van der Waals surface area contributed by atoms with E-state index < -0.39 is 10.0 Å². The number of sulfonamides is 1. The van der Waals surface area contributed by atoms with Gasteiger partial charge < -0.3 is 5.73 Å². The minimum Gasteiger partial charge on any atom is -0.384 e. The number of aromatic nitrogens is 5. The van der Waals surface area contributed by atoms with Gasteiger partial charge in [-0.25, -0.2) is 18.5 Å². The Hall–Kier alpha value is -2.85. The Morgan fingerprint density at radius 3 is 2.58 bits per heavy atom. The molecule has 0 saturated heterocycles. The van der Waals surface area contributed by atoms with Crippen molar-refractivity contribution in [3.8, 4) is 11.4 Å². The number of anilines is 1. The molecule has 9 nitrogen and oxygen atoms in total. The topological polar surface area (TPSA) is 154 Å². The first-order valence-corrected chi connectivity index (χ1v) is 8.51. The van der Waals surface area contributed by atoms with Crippen LogP contribution in [0.3, 0.4) is 0 Å². The van der Waals surface area contributed by atoms with Gasteiger partial charge in [0.15, 0.2) is 0 Å². The van der Waals surface area contributed by atoms with Crippen molar-refractivity contribution in [2.75, 3.05) is 5.73 Å². The van der Waals surface area contributed by atoms with E-state index in [1.165, 1.54) is 6.07 Å². The zero-order chi connectivity index (χ0) is 17.3. The number of aromatic amines is 1. The highest BCUT2D eigenvalue weighted by molar-refractivity contribution is 7.89. The van der Waals surface area contributed by atoms with Gasteiger partial charge in [0, 0.05) is 17.7 Å². The Bertz CT molecular complexity index is 984. The van der Waals surface area contributed by atoms with E-state index in [-0.39, 0.29) is 10.7 Å². The molecule has 0 aliphatic heterocycles. The average molecular weight is 345 g/mol. The molecule has 0 radical (unpaired) electrons. The predicted molar refractivity (Wildman–Crippen MR) is 87.2 cm³/mol. The van der Waals surface area contributed by atoms with Gasteiger partial charge in [0.2, 0.25) is 15.8 Å². The highest BCUT2D eigenvalue weighted by Gasteiger charge is 2.22. The van der Waals surface area contributed by atoms with E-state index in [9.17, 15) is 8.42 Å². The Morgan fingerprint density at radius 2 is 1.96 bits per heavy atom. The monoisotopic (exact) mass is 345 g/mol. The number of H-pyrrole nitrogens is 1. The van der Waals surface area contributed by atoms with Crippen LogP contribution in [0.5, 0.6) is 0 Å². The van der Waals surface area contributed by atoms with Crippen molar-refractivity contribution < 1.29 is 8.42 Å². The maximum atomic E-state index is 11.9. The van der Waals surface area contributed by atoms with E-state index in [1.807, 2.05) is 13.0 Å². The summed E-state index contributed by atoms with van der Waals surface area (Å²) in [4.78, 5) is 4.17. The molecule has 0 spiro atoms. The molecule has 0 aliphatic rings. The van der Waals surface area contributed by atoms with Gasteiger partial charge in [-0.3, -0.25) is 0 Å². The second-order valence-electron chi connectivity index (χ2n) is 5.23. The Kier molecular flexibility index (Phi) is 3.99. The molecule has 0 saturated carbocycles. The summed E-state index contributed by atoms with van der Waals surface area (Å²) < 4.78 is 23.9. The molecule has 24 heavy (non-hydrogen) atoms. The summed E-state index contributed by atoms with van der Waals surface area (Å²) in [6, 6.07) is 8.37. The van der Waals surface area contributed by atoms with Crippen LogP contribution in [-0.4, -0.2) is 34.0 Å². The van der Waals surface area contributed by atoms with E-state index in [0.29, 0.717) is 23.4 Å². The van der Waals surface area contributed by atoms with E-state index in [0.717, 1.165) is 11.3 Å². The second-order valence-corrected chi connectivity index (χ2v) is 6.76. The van der Waals surface area contributed by atoms with Crippen LogP contribution in [0, 0.1) is 6.92 Å². The number of nitrogens with two attached hydrogens (primary N) is 2. The van der Waals surface area contributed by atoms with Gasteiger partial charge in [-0.1, -0.05) is 18.2 Å². The molecular weight excluding hydrogens is 330 g/mol. The fourth-order valence-electron chi connectivity index (χ4n) is 2.48. The van der Waals surface area contributed by atoms with Crippen molar-refractivity contribution >= 4 is 15.8 Å². The number of nitrogen functional groups attached to an aromatic ring is 1. The van der Waals surface area contributed by atoms with Gasteiger partial charge in [0.25, 0.3) is 0 Å². The maximum absolute atomic E-state index is 11.9. The number of benzene rings is 1. The summed E-state index contributed by atoms with van der Waals surface area (Å²) in [6.07, 6.45) is 0.423. The molecule has 0 fully saturated rings. The number of aryl methyl sites for hydroxylation is 1. The highest BCUT2D eigenvalue weighted by Crippen LogP contribution is 2.29. The number of hydrogen-bond donors (Lipinski definition) is 3. The summed E-state index contributed by atoms with van der Waals surface area (Å²) in [5.41, 5.74) is 8.35. The summed E-state index contributed by atoms with van der Waals surface area (Å²) in [5.74, 6) is 0.587. The highest BCUT2D eigenvalue weighted by atomic mass is 32.2. The minimum absolute atomic E-state index is 0.0533. The number of nitrogens with one attached hydrogen (secondary N) is 1. The molecule has 124 valence electrons. The van der Waals surface area contributed by atoms with Gasteiger partial charge in [0.1, 0.15) is 5.82 Å². The molecule has 2 aromatic heterocycles. The minimum atomic E-state index is -3.95. The van der Waals surface area contributed by atoms with Crippen LogP contribution in [-0.2, 0) is 16.4 Å². The Balaban J connectivity index is 2.18. The standard InChI is InChI=1S/C14H15N7O2S/c1-8-9(5-6-12(15)17-8)7-10-3-2-4-11(24(16,22)23)13(10)14-18-20-21-19-14/h2-6H,7H2,1H3,(H2,15,17)(H2,16,22,23)(H,18,19,20,21). The number of primary sulfonamides is 1. The predicted octanol–water partition coefficient (Wildman–Crippen LogP) is 0.391. The SMILES string of the molecule is Cc1nc(N)ccc1Cc1cccc(S(N)(=O)=O)c1-c1nn[nH]n1. The first-order chi connectivity index (χ1) is 11.4. The number of hydrogen-bond acceptors (Lipinski definition) is 7. The number of pyridine rings is 1. The molecule has 0 atom stereocenters. The Morgan fingerprint density at radius 1 is 1.17 bits per heavy atom. The quantitative estimate of drug-likeness (QED) is 0.618. The summed E-state index contributed by atoms with van der Waals surface area (Å²) >= 11 is 0. The van der Waals surface area contributed by atoms with Crippen molar-refractivity contribution in [1.29, 1.82) is 0 Å². The lowest BCUT2D eigenvalue weighted by atomic mass is 9.98. The van der Waals surface area contributed by atoms with E-state index in [4.69, 9.17) is 10.9 Å². The molecule has 0 unspecified atom stereocenters. The third-order valence-electron chi connectivity index (χ3n) is 3.59. The maximum Gasteiger partial charge on any atom is 0.238 e. The van der Waals surface area contributed by atoms with Crippen molar-refractivity contribution in [2.45, 2.75) is 18.2 Å². The van der Waals surface area contributed by atoms with Crippen LogP contribution in [0.4, 0.5) is 5.82 Å². The van der Waals surface area contributed by atoms with E-state index >= 15 is 0 Å². The van der Waals surface area contributed by atoms with Crippen LogP contribution in [0.2, 0.25) is 0 Å². The van der Waals surface area contributed by atoms with Crippen molar-refractivity contribution in [2.24, 2.45) is 5.14 Å². The lowest BCUT2D eigenvalue weighted by Crippen LogP contribution is -2.15. The van der Waals surface area contributed by atoms with Crippen LogP contribution in [0.25, 0.3) is 11.4 Å². The lowest BCUT2D eigenvalue weighted by Gasteiger charge is -2.12. The molecule has 10 heteroatoms. The lowest BCUT2D eigenvalue weighted by molar-refractivity contribution is 0.598. The van der Waals surface area contributed by atoms with Crippen LogP contribution in [0.15, 0.2) is 35.2 Å². The molecule has 0 amide bonds. The molecule has 3 aromatic rings.